The van der Waals surface area contributed by atoms with Gasteiger partial charge in [-0.3, -0.25) is 19.4 Å². The lowest BCUT2D eigenvalue weighted by atomic mass is 9.93. The summed E-state index contributed by atoms with van der Waals surface area (Å²) in [6.07, 6.45) is 8.97. The van der Waals surface area contributed by atoms with Crippen molar-refractivity contribution in [1.82, 2.24) is 20.1 Å². The Labute approximate surface area is 345 Å². The predicted molar refractivity (Wildman–Crippen MR) is 229 cm³/mol. The van der Waals surface area contributed by atoms with Gasteiger partial charge in [0.15, 0.2) is 0 Å². The molecule has 0 radical (unpaired) electrons. The van der Waals surface area contributed by atoms with Crippen LogP contribution in [0.2, 0.25) is 0 Å². The molecule has 5 aromatic rings. The predicted octanol–water partition coefficient (Wildman–Crippen LogP) is 6.47. The number of aliphatic hydroxyl groups excluding tert-OH is 1. The second-order valence-electron chi connectivity index (χ2n) is 15.4. The van der Waals surface area contributed by atoms with Gasteiger partial charge in [-0.1, -0.05) is 55.7 Å². The Balaban J connectivity index is 0.849. The van der Waals surface area contributed by atoms with Crippen LogP contribution in [0.4, 0.5) is 5.69 Å². The molecule has 2 aliphatic rings. The quantitative estimate of drug-likeness (QED) is 0.0449. The van der Waals surface area contributed by atoms with Crippen LogP contribution in [0.3, 0.4) is 0 Å². The molecule has 13 heteroatoms. The number of sulfone groups is 1. The zero-order valence-corrected chi connectivity index (χ0v) is 34.2. The monoisotopic (exact) mass is 819 g/mol. The smallest absolute Gasteiger partial charge is 0.251 e. The van der Waals surface area contributed by atoms with Crippen LogP contribution in [0.1, 0.15) is 67.9 Å². The minimum atomic E-state index is -3.80. The summed E-state index contributed by atoms with van der Waals surface area (Å²) in [5, 5.41) is 27.5. The van der Waals surface area contributed by atoms with Crippen molar-refractivity contribution in [3.05, 3.63) is 136 Å². The van der Waals surface area contributed by atoms with Crippen LogP contribution >= 0.6 is 0 Å². The molecule has 0 bridgehead atoms. The number of phenolic OH excluding ortho intramolecular Hbond substituents is 1. The largest absolute Gasteiger partial charge is 0.506 e. The molecular formula is C46H53N5O7S. The van der Waals surface area contributed by atoms with Gasteiger partial charge in [0.05, 0.1) is 27.7 Å². The van der Waals surface area contributed by atoms with Gasteiger partial charge in [-0.15, -0.1) is 0 Å². The van der Waals surface area contributed by atoms with Gasteiger partial charge in [0.2, 0.25) is 15.4 Å². The van der Waals surface area contributed by atoms with Crippen molar-refractivity contribution < 1.29 is 28.2 Å². The van der Waals surface area contributed by atoms with Crippen molar-refractivity contribution in [1.29, 1.82) is 0 Å². The second-order valence-corrected chi connectivity index (χ2v) is 17.4. The maximum absolute atomic E-state index is 13.6. The molecule has 59 heavy (non-hydrogen) atoms. The average molecular weight is 820 g/mol. The number of aromatic nitrogens is 1. The molecule has 1 aliphatic carbocycles. The number of aromatic amines is 1. The highest BCUT2D eigenvalue weighted by Crippen LogP contribution is 2.31. The molecule has 5 N–H and O–H groups in total. The van der Waals surface area contributed by atoms with Crippen LogP contribution < -0.4 is 20.9 Å². The highest BCUT2D eigenvalue weighted by molar-refractivity contribution is 7.91. The lowest BCUT2D eigenvalue weighted by molar-refractivity contribution is -0.112. The molecule has 2 atom stereocenters. The van der Waals surface area contributed by atoms with E-state index in [1.807, 2.05) is 24.3 Å². The molecule has 0 spiro atoms. The van der Waals surface area contributed by atoms with E-state index in [-0.39, 0.29) is 45.0 Å². The fourth-order valence-electron chi connectivity index (χ4n) is 8.17. The van der Waals surface area contributed by atoms with E-state index in [0.717, 1.165) is 43.3 Å². The molecule has 1 saturated heterocycles. The first kappa shape index (κ1) is 41.8. The molecular weight excluding hydrogens is 767 g/mol. The lowest BCUT2D eigenvalue weighted by Crippen LogP contribution is -2.51. The summed E-state index contributed by atoms with van der Waals surface area (Å²) in [7, 11) is -3.80. The molecule has 0 unspecified atom stereocenters. The van der Waals surface area contributed by atoms with Gasteiger partial charge in [-0.25, -0.2) is 8.42 Å². The third-order valence-electron chi connectivity index (χ3n) is 11.6. The number of aliphatic hydroxyl groups is 1. The Bertz CT molecular complexity index is 2400. The number of H-pyrrole nitrogens is 1. The Morgan fingerprint density at radius 1 is 0.915 bits per heavy atom. The molecule has 1 amide bonds. The number of fused-ring (bicyclic) bond motifs is 1. The number of aromatic hydroxyl groups is 1. The SMILES string of the molecule is C[C@@H](c1ccc(S(=O)(=O)c2cccc(OC=CC(=O)Nc3ccc(CCNC[C@H](O)c4ccc(O)c5[nH]c(=O)ccc45)cc3)c2)cc1)N1CCN(C2CCCCC2)CC1. The molecule has 4 aromatic carbocycles. The van der Waals surface area contributed by atoms with Crippen molar-refractivity contribution in [3.8, 4) is 11.5 Å². The van der Waals surface area contributed by atoms with Crippen LogP contribution in [-0.2, 0) is 21.1 Å². The summed E-state index contributed by atoms with van der Waals surface area (Å²) in [5.74, 6) is -0.188. The van der Waals surface area contributed by atoms with Crippen molar-refractivity contribution >= 4 is 32.3 Å². The molecule has 310 valence electrons. The topological polar surface area (TPSA) is 164 Å². The normalized spacial score (nSPS) is 16.9. The van der Waals surface area contributed by atoms with Crippen LogP contribution in [0.25, 0.3) is 10.9 Å². The third-order valence-corrected chi connectivity index (χ3v) is 13.4. The molecule has 2 fully saturated rings. The number of anilines is 1. The minimum absolute atomic E-state index is 0.0581. The first-order valence-corrected chi connectivity index (χ1v) is 21.9. The molecule has 1 aromatic heterocycles. The minimum Gasteiger partial charge on any atom is -0.506 e. The number of rotatable bonds is 15. The Morgan fingerprint density at radius 3 is 2.41 bits per heavy atom. The maximum Gasteiger partial charge on any atom is 0.251 e. The van der Waals surface area contributed by atoms with Gasteiger partial charge in [-0.05, 0) is 104 Å². The van der Waals surface area contributed by atoms with Crippen molar-refractivity contribution in [2.24, 2.45) is 0 Å². The molecule has 7 rings (SSSR count). The van der Waals surface area contributed by atoms with E-state index in [9.17, 15) is 28.2 Å². The fourth-order valence-corrected chi connectivity index (χ4v) is 9.46. The number of pyridine rings is 1. The average Bonchev–Trinajstić information content (AvgIpc) is 3.26. The van der Waals surface area contributed by atoms with E-state index in [2.05, 4.69) is 32.3 Å². The van der Waals surface area contributed by atoms with Crippen molar-refractivity contribution in [2.75, 3.05) is 44.6 Å². The number of nitrogens with one attached hydrogen (secondary N) is 3. The van der Waals surface area contributed by atoms with Crippen LogP contribution in [0.5, 0.6) is 11.5 Å². The van der Waals surface area contributed by atoms with Gasteiger partial charge >= 0.3 is 0 Å². The first-order chi connectivity index (χ1) is 28.5. The van der Waals surface area contributed by atoms with E-state index in [4.69, 9.17) is 4.74 Å². The molecule has 2 heterocycles. The first-order valence-electron chi connectivity index (χ1n) is 20.5. The number of hydrogen-bond acceptors (Lipinski definition) is 10. The van der Waals surface area contributed by atoms with E-state index in [1.165, 1.54) is 68.7 Å². The van der Waals surface area contributed by atoms with Gasteiger partial charge in [0.25, 0.3) is 5.91 Å². The number of carbonyl (C=O) groups is 1. The fraction of sp³-hybridized carbons (Fsp3) is 0.348. The van der Waals surface area contributed by atoms with E-state index in [0.29, 0.717) is 29.6 Å². The summed E-state index contributed by atoms with van der Waals surface area (Å²) in [5.41, 5.74) is 3.26. The number of benzene rings is 4. The van der Waals surface area contributed by atoms with Crippen molar-refractivity contribution in [3.63, 3.8) is 0 Å². The van der Waals surface area contributed by atoms with E-state index >= 15 is 0 Å². The Kier molecular flexibility index (Phi) is 13.6. The van der Waals surface area contributed by atoms with Crippen LogP contribution in [-0.4, -0.2) is 84.6 Å². The van der Waals surface area contributed by atoms with Crippen molar-refractivity contribution in [2.45, 2.75) is 73.4 Å². The Morgan fingerprint density at radius 2 is 1.66 bits per heavy atom. The van der Waals surface area contributed by atoms with Crippen LogP contribution in [0.15, 0.2) is 124 Å². The number of piperazine rings is 1. The number of hydrogen-bond donors (Lipinski definition) is 5. The van der Waals surface area contributed by atoms with Gasteiger partial charge < -0.3 is 30.6 Å². The zero-order valence-electron chi connectivity index (χ0n) is 33.3. The van der Waals surface area contributed by atoms with E-state index < -0.39 is 21.8 Å². The number of amides is 1. The summed E-state index contributed by atoms with van der Waals surface area (Å²) in [6, 6.07) is 27.8. The summed E-state index contributed by atoms with van der Waals surface area (Å²) in [6.45, 7) is 7.24. The molecule has 1 saturated carbocycles. The standard InChI is InChI=1S/C46H53N5O7S/c1-32(50-25-27-51(28-26-50)36-6-3-2-4-7-36)34-12-16-38(17-13-34)59(56,57)39-9-5-8-37(30-39)58-29-23-45(55)48-35-14-10-33(11-15-35)22-24-47-31-43(53)40-18-20-42(52)46-41(40)19-21-44(54)49-46/h5,8-21,23,29-30,32,36,43,47,52-53H,2-4,6-7,22,24-28,31H2,1H3,(H,48,55)(H,49,54)/t32-,43-/m0/s1. The highest BCUT2D eigenvalue weighted by Gasteiger charge is 2.28. The van der Waals surface area contributed by atoms with E-state index in [1.54, 1.807) is 48.5 Å². The highest BCUT2D eigenvalue weighted by atomic mass is 32.2. The summed E-state index contributed by atoms with van der Waals surface area (Å²) in [4.78, 5) is 32.4. The van der Waals surface area contributed by atoms with Crippen LogP contribution in [0, 0.1) is 0 Å². The number of nitrogens with zero attached hydrogens (tertiary/aromatic N) is 2. The molecule has 1 aliphatic heterocycles. The zero-order chi connectivity index (χ0) is 41.4. The number of carbonyl (C=O) groups excluding carboxylic acids is 1. The number of phenols is 1. The van der Waals surface area contributed by atoms with Gasteiger partial charge in [0.1, 0.15) is 11.5 Å². The second kappa shape index (κ2) is 19.2. The lowest BCUT2D eigenvalue weighted by Gasteiger charge is -2.42. The Hall–Kier alpha value is -5.31. The van der Waals surface area contributed by atoms with Gasteiger partial charge in [0, 0.05) is 68.0 Å². The summed E-state index contributed by atoms with van der Waals surface area (Å²) < 4.78 is 32.8. The van der Waals surface area contributed by atoms with Gasteiger partial charge in [-0.2, -0.15) is 0 Å². The number of ether oxygens (including phenoxy) is 1. The molecule has 12 nitrogen and oxygen atoms in total. The third kappa shape index (κ3) is 10.5. The summed E-state index contributed by atoms with van der Waals surface area (Å²) >= 11 is 0. The maximum atomic E-state index is 13.6.